The van der Waals surface area contributed by atoms with Crippen LogP contribution in [0.2, 0.25) is 0 Å². The van der Waals surface area contributed by atoms with E-state index in [1.165, 1.54) is 59.9 Å². The third-order valence-corrected chi connectivity index (χ3v) is 8.09. The van der Waals surface area contributed by atoms with Gasteiger partial charge in [-0.25, -0.2) is 0 Å². The Balaban J connectivity index is 1.26. The summed E-state index contributed by atoms with van der Waals surface area (Å²) in [4.78, 5) is 2.63. The van der Waals surface area contributed by atoms with Crippen LogP contribution in [0, 0.1) is 23.2 Å². The number of nitriles is 1. The van der Waals surface area contributed by atoms with Crippen LogP contribution >= 0.6 is 0 Å². The van der Waals surface area contributed by atoms with Gasteiger partial charge in [-0.1, -0.05) is 85.5 Å². The summed E-state index contributed by atoms with van der Waals surface area (Å²) < 4.78 is 0. The largest absolute Gasteiger partial charge is 0.303 e. The first kappa shape index (κ1) is 22.2. The Morgan fingerprint density at radius 1 is 0.848 bits per heavy atom. The molecule has 0 amide bonds. The third kappa shape index (κ3) is 4.99. The second-order valence-corrected chi connectivity index (χ2v) is 10.1. The molecule has 2 nitrogen and oxygen atoms in total. The monoisotopic (exact) mass is 436 g/mol. The van der Waals surface area contributed by atoms with E-state index in [9.17, 15) is 5.26 Å². The number of hydrogen-bond acceptors (Lipinski definition) is 2. The molecule has 0 aromatic heterocycles. The highest BCUT2D eigenvalue weighted by Crippen LogP contribution is 2.39. The topological polar surface area (TPSA) is 27.0 Å². The van der Waals surface area contributed by atoms with Crippen molar-refractivity contribution in [2.75, 3.05) is 19.6 Å². The van der Waals surface area contributed by atoms with E-state index in [-0.39, 0.29) is 5.92 Å². The second-order valence-electron chi connectivity index (χ2n) is 10.1. The highest BCUT2D eigenvalue weighted by molar-refractivity contribution is 5.94. The molecule has 1 heterocycles. The van der Waals surface area contributed by atoms with E-state index in [0.29, 0.717) is 5.92 Å². The van der Waals surface area contributed by atoms with E-state index in [1.807, 2.05) is 0 Å². The minimum absolute atomic E-state index is 0.277. The van der Waals surface area contributed by atoms with E-state index in [0.717, 1.165) is 45.3 Å². The molecule has 0 N–H and O–H groups in total. The molecule has 1 unspecified atom stereocenters. The zero-order chi connectivity index (χ0) is 22.5. The summed E-state index contributed by atoms with van der Waals surface area (Å²) in [6.45, 7) is 3.41. The molecular weight excluding hydrogens is 400 g/mol. The molecule has 2 heteroatoms. The molecule has 3 aliphatic rings. The maximum atomic E-state index is 9.70. The van der Waals surface area contributed by atoms with Crippen molar-refractivity contribution in [1.82, 2.24) is 4.90 Å². The Morgan fingerprint density at radius 2 is 1.45 bits per heavy atom. The van der Waals surface area contributed by atoms with Crippen LogP contribution < -0.4 is 0 Å². The summed E-state index contributed by atoms with van der Waals surface area (Å²) in [6, 6.07) is 20.4. The lowest BCUT2D eigenvalue weighted by molar-refractivity contribution is 0.230. The van der Waals surface area contributed by atoms with Crippen molar-refractivity contribution in [3.8, 4) is 6.07 Å². The van der Waals surface area contributed by atoms with Crippen molar-refractivity contribution in [2.24, 2.45) is 11.8 Å². The highest BCUT2D eigenvalue weighted by atomic mass is 15.1. The zero-order valence-electron chi connectivity index (χ0n) is 19.8. The van der Waals surface area contributed by atoms with Crippen molar-refractivity contribution in [2.45, 2.75) is 57.8 Å². The van der Waals surface area contributed by atoms with Gasteiger partial charge in [-0.3, -0.25) is 0 Å². The minimum Gasteiger partial charge on any atom is -0.303 e. The van der Waals surface area contributed by atoms with Gasteiger partial charge in [0.15, 0.2) is 0 Å². The van der Waals surface area contributed by atoms with Gasteiger partial charge in [-0.2, -0.15) is 5.26 Å². The van der Waals surface area contributed by atoms with Gasteiger partial charge in [0.2, 0.25) is 0 Å². The van der Waals surface area contributed by atoms with Gasteiger partial charge < -0.3 is 4.90 Å². The molecule has 1 saturated heterocycles. The minimum atomic E-state index is 0.277. The molecular formula is C31H36N2. The van der Waals surface area contributed by atoms with E-state index < -0.39 is 0 Å². The Labute approximate surface area is 199 Å². The van der Waals surface area contributed by atoms with Gasteiger partial charge in [0.05, 0.1) is 6.07 Å². The molecule has 1 atom stereocenters. The van der Waals surface area contributed by atoms with Gasteiger partial charge in [0.1, 0.15) is 0 Å². The van der Waals surface area contributed by atoms with Crippen molar-refractivity contribution in [3.63, 3.8) is 0 Å². The zero-order valence-corrected chi connectivity index (χ0v) is 19.8. The molecule has 2 aromatic rings. The van der Waals surface area contributed by atoms with Crippen molar-refractivity contribution in [1.29, 1.82) is 5.26 Å². The second kappa shape index (κ2) is 10.5. The molecule has 0 radical (unpaired) electrons. The maximum absolute atomic E-state index is 9.70. The van der Waals surface area contributed by atoms with Crippen LogP contribution in [-0.4, -0.2) is 24.5 Å². The van der Waals surface area contributed by atoms with Crippen molar-refractivity contribution < 1.29 is 0 Å². The summed E-state index contributed by atoms with van der Waals surface area (Å²) in [5, 5.41) is 9.70. The molecule has 5 rings (SSSR count). The van der Waals surface area contributed by atoms with Gasteiger partial charge in [0, 0.05) is 19.0 Å². The van der Waals surface area contributed by atoms with Gasteiger partial charge in [0.25, 0.3) is 0 Å². The van der Waals surface area contributed by atoms with Crippen LogP contribution in [0.3, 0.4) is 0 Å². The number of piperidine rings is 1. The van der Waals surface area contributed by atoms with Gasteiger partial charge in [-0.05, 0) is 78.8 Å². The Morgan fingerprint density at radius 3 is 2.06 bits per heavy atom. The fourth-order valence-electron chi connectivity index (χ4n) is 6.22. The van der Waals surface area contributed by atoms with E-state index >= 15 is 0 Å². The number of likely N-dealkylation sites (tertiary alicyclic amines) is 1. The first-order valence-corrected chi connectivity index (χ1v) is 13.0. The first-order chi connectivity index (χ1) is 16.3. The highest BCUT2D eigenvalue weighted by Gasteiger charge is 2.25. The van der Waals surface area contributed by atoms with Gasteiger partial charge in [-0.15, -0.1) is 0 Å². The van der Waals surface area contributed by atoms with Crippen molar-refractivity contribution >= 4 is 17.7 Å². The molecule has 1 saturated carbocycles. The summed E-state index contributed by atoms with van der Waals surface area (Å²) in [5.74, 6) is 0.935. The number of hydrogen-bond donors (Lipinski definition) is 0. The quantitative estimate of drug-likeness (QED) is 0.412. The molecule has 2 aromatic carbocycles. The number of fused-ring (bicyclic) bond motifs is 2. The molecule has 0 bridgehead atoms. The molecule has 2 aliphatic carbocycles. The van der Waals surface area contributed by atoms with Crippen LogP contribution in [-0.2, 0) is 0 Å². The number of benzene rings is 2. The van der Waals surface area contributed by atoms with Crippen LogP contribution in [0.25, 0.3) is 17.7 Å². The molecule has 1 aliphatic heterocycles. The van der Waals surface area contributed by atoms with Gasteiger partial charge >= 0.3 is 0 Å². The molecule has 33 heavy (non-hydrogen) atoms. The van der Waals surface area contributed by atoms with Crippen LogP contribution in [0.1, 0.15) is 80.0 Å². The third-order valence-electron chi connectivity index (χ3n) is 8.09. The fraction of sp³-hybridized carbons (Fsp3) is 0.452. The summed E-state index contributed by atoms with van der Waals surface area (Å²) >= 11 is 0. The van der Waals surface area contributed by atoms with E-state index in [2.05, 4.69) is 71.7 Å². The lowest BCUT2D eigenvalue weighted by atomic mass is 9.79. The Kier molecular flexibility index (Phi) is 7.08. The summed E-state index contributed by atoms with van der Waals surface area (Å²) in [5.41, 5.74) is 8.48. The Hall–Kier alpha value is -2.63. The number of rotatable bonds is 5. The Bertz CT molecular complexity index is 1000. The molecule has 0 spiro atoms. The average Bonchev–Trinajstić information content (AvgIpc) is 3.05. The SMILES string of the molecule is N#CC(CCCN1CCC(=C2c3ccccc3C=Cc3ccccc32)CC1)C1CCCCC1. The van der Waals surface area contributed by atoms with Crippen LogP contribution in [0.4, 0.5) is 0 Å². The summed E-state index contributed by atoms with van der Waals surface area (Å²) in [7, 11) is 0. The standard InChI is InChI=1S/C31H36N2/c32-23-28(24-9-2-1-3-10-24)13-8-20-33-21-18-27(19-22-33)31-29-14-6-4-11-25(29)16-17-26-12-5-7-15-30(26)31/h4-7,11-12,14-17,24,28H,1-3,8-10,13,18-22H2. The maximum Gasteiger partial charge on any atom is 0.0658 e. The first-order valence-electron chi connectivity index (χ1n) is 13.0. The fourth-order valence-corrected chi connectivity index (χ4v) is 6.22. The average molecular weight is 437 g/mol. The molecule has 170 valence electrons. The lowest BCUT2D eigenvalue weighted by Gasteiger charge is -2.31. The van der Waals surface area contributed by atoms with E-state index in [1.54, 1.807) is 5.57 Å². The predicted molar refractivity (Wildman–Crippen MR) is 138 cm³/mol. The van der Waals surface area contributed by atoms with Crippen LogP contribution in [0.5, 0.6) is 0 Å². The van der Waals surface area contributed by atoms with Crippen molar-refractivity contribution in [3.05, 3.63) is 76.4 Å². The van der Waals surface area contributed by atoms with E-state index in [4.69, 9.17) is 0 Å². The lowest BCUT2D eigenvalue weighted by Crippen LogP contribution is -2.32. The summed E-state index contributed by atoms with van der Waals surface area (Å²) in [6.07, 6.45) is 15.6. The predicted octanol–water partition coefficient (Wildman–Crippen LogP) is 7.57. The number of nitrogens with zero attached hydrogens (tertiary/aromatic N) is 2. The van der Waals surface area contributed by atoms with Crippen LogP contribution in [0.15, 0.2) is 54.1 Å². The normalized spacial score (nSPS) is 20.0. The smallest absolute Gasteiger partial charge is 0.0658 e. The molecule has 2 fully saturated rings.